The molecular weight excluding hydrogens is 468 g/mol. The molecule has 1 amide bonds. The second-order valence-corrected chi connectivity index (χ2v) is 8.62. The van der Waals surface area contributed by atoms with Crippen molar-refractivity contribution in [1.29, 1.82) is 0 Å². The Labute approximate surface area is 167 Å². The second kappa shape index (κ2) is 9.45. The van der Waals surface area contributed by atoms with Crippen LogP contribution in [0.2, 0.25) is 0 Å². The summed E-state index contributed by atoms with van der Waals surface area (Å²) in [5.74, 6) is -1.24. The molecule has 0 aromatic heterocycles. The Hall–Kier alpha value is -0.480. The van der Waals surface area contributed by atoms with Crippen molar-refractivity contribution in [2.45, 2.75) is 53.9 Å². The minimum atomic E-state index is -1.78. The molecule has 0 radical (unpaired) electrons. The van der Waals surface area contributed by atoms with Gasteiger partial charge in [-0.3, -0.25) is 9.59 Å². The summed E-state index contributed by atoms with van der Waals surface area (Å²) in [7, 11) is 0. The van der Waals surface area contributed by atoms with Crippen molar-refractivity contribution in [2.75, 3.05) is 6.61 Å². The number of alkyl halides is 4. The highest BCUT2D eigenvalue weighted by molar-refractivity contribution is 9.09. The van der Waals surface area contributed by atoms with Gasteiger partial charge in [0.05, 0.1) is 12.1 Å². The van der Waals surface area contributed by atoms with Gasteiger partial charge in [-0.05, 0) is 6.92 Å². The highest BCUT2D eigenvalue weighted by Gasteiger charge is 2.48. The predicted molar refractivity (Wildman–Crippen MR) is 92.9 cm³/mol. The summed E-state index contributed by atoms with van der Waals surface area (Å²) >= 11 is 19.8. The molecule has 0 bridgehead atoms. The lowest BCUT2D eigenvalue weighted by molar-refractivity contribution is -0.196. The van der Waals surface area contributed by atoms with E-state index in [0.29, 0.717) is 0 Å². The fourth-order valence-electron chi connectivity index (χ4n) is 2.16. The standard InChI is InChI=1S/C13H17BrCl3NO7/c1-5-8(18-12(21)22-4-13(15,16)17)9(24-6(2)19)10(11(14)23-5)25-7(3)20/h5,8-11H,4H2,1-3H3,(H,18,21)/t5-,8+,9+,10+,11+/m0/s1. The zero-order valence-electron chi connectivity index (χ0n) is 13.5. The molecule has 1 heterocycles. The number of hydrogen-bond acceptors (Lipinski definition) is 7. The molecule has 1 fully saturated rings. The van der Waals surface area contributed by atoms with E-state index in [9.17, 15) is 14.4 Å². The Morgan fingerprint density at radius 3 is 2.12 bits per heavy atom. The summed E-state index contributed by atoms with van der Waals surface area (Å²) in [4.78, 5) is 34.7. The van der Waals surface area contributed by atoms with Crippen molar-refractivity contribution in [3.8, 4) is 0 Å². The van der Waals surface area contributed by atoms with Crippen molar-refractivity contribution < 1.29 is 33.3 Å². The number of esters is 2. The second-order valence-electron chi connectivity index (χ2n) is 5.20. The lowest BCUT2D eigenvalue weighted by Gasteiger charge is -2.42. The first-order chi connectivity index (χ1) is 11.4. The van der Waals surface area contributed by atoms with E-state index >= 15 is 0 Å². The van der Waals surface area contributed by atoms with Crippen LogP contribution in [0.15, 0.2) is 0 Å². The monoisotopic (exact) mass is 483 g/mol. The summed E-state index contributed by atoms with van der Waals surface area (Å²) in [6.07, 6.45) is -3.54. The normalized spacial score (nSPS) is 29.5. The highest BCUT2D eigenvalue weighted by Crippen LogP contribution is 2.30. The number of hydrogen-bond donors (Lipinski definition) is 1. The maximum Gasteiger partial charge on any atom is 0.407 e. The van der Waals surface area contributed by atoms with Crippen molar-refractivity contribution >= 4 is 68.8 Å². The summed E-state index contributed by atoms with van der Waals surface area (Å²) in [6, 6.07) is -0.870. The van der Waals surface area contributed by atoms with Crippen LogP contribution < -0.4 is 5.32 Å². The maximum atomic E-state index is 11.9. The van der Waals surface area contributed by atoms with Crippen LogP contribution in [0.25, 0.3) is 0 Å². The van der Waals surface area contributed by atoms with Gasteiger partial charge in [0.15, 0.2) is 17.2 Å². The molecule has 1 aliphatic heterocycles. The molecule has 1 N–H and O–H groups in total. The zero-order chi connectivity index (χ0) is 19.4. The molecule has 25 heavy (non-hydrogen) atoms. The fraction of sp³-hybridized carbons (Fsp3) is 0.769. The number of carbonyl (C=O) groups excluding carboxylic acids is 3. The van der Waals surface area contributed by atoms with Crippen molar-refractivity contribution in [1.82, 2.24) is 5.32 Å². The first-order valence-electron chi connectivity index (χ1n) is 7.04. The van der Waals surface area contributed by atoms with E-state index in [1.54, 1.807) is 6.92 Å². The predicted octanol–water partition coefficient (Wildman–Crippen LogP) is 2.45. The minimum absolute atomic E-state index is 0.488. The number of carbonyl (C=O) groups is 3. The lowest BCUT2D eigenvalue weighted by atomic mass is 9.97. The number of ether oxygens (including phenoxy) is 4. The number of nitrogens with one attached hydrogen (secondary N) is 1. The van der Waals surface area contributed by atoms with E-state index in [-0.39, 0.29) is 0 Å². The average Bonchev–Trinajstić information content (AvgIpc) is 2.43. The first kappa shape index (κ1) is 22.6. The molecule has 8 nitrogen and oxygen atoms in total. The molecule has 1 saturated heterocycles. The third-order valence-electron chi connectivity index (χ3n) is 3.04. The maximum absolute atomic E-state index is 11.9. The molecular formula is C13H17BrCl3NO7. The van der Waals surface area contributed by atoms with Gasteiger partial charge in [0.2, 0.25) is 3.79 Å². The van der Waals surface area contributed by atoms with Crippen LogP contribution in [0, 0.1) is 0 Å². The van der Waals surface area contributed by atoms with Gasteiger partial charge < -0.3 is 24.3 Å². The SMILES string of the molecule is CC(=O)O[C@@H]1[C@H](NC(=O)OCC(Cl)(Cl)Cl)[C@H](C)O[C@@H](Br)[C@@H]1OC(C)=O. The number of rotatable bonds is 4. The van der Waals surface area contributed by atoms with Gasteiger partial charge in [0.1, 0.15) is 6.61 Å². The molecule has 0 saturated carbocycles. The van der Waals surface area contributed by atoms with E-state index < -0.39 is 57.8 Å². The Bertz CT molecular complexity index is 516. The van der Waals surface area contributed by atoms with Crippen molar-refractivity contribution in [2.24, 2.45) is 0 Å². The molecule has 0 aliphatic carbocycles. The Kier molecular flexibility index (Phi) is 8.53. The quantitative estimate of drug-likeness (QED) is 0.371. The Morgan fingerprint density at radius 1 is 1.12 bits per heavy atom. The van der Waals surface area contributed by atoms with Crippen LogP contribution in [0.1, 0.15) is 20.8 Å². The molecule has 0 aromatic carbocycles. The zero-order valence-corrected chi connectivity index (χ0v) is 17.3. The largest absolute Gasteiger partial charge is 0.456 e. The smallest absolute Gasteiger partial charge is 0.407 e. The third-order valence-corrected chi connectivity index (χ3v) is 4.11. The summed E-state index contributed by atoms with van der Waals surface area (Å²) in [5.41, 5.74) is 0. The molecule has 1 aliphatic rings. The molecule has 5 atom stereocenters. The van der Waals surface area contributed by atoms with Crippen LogP contribution in [0.3, 0.4) is 0 Å². The van der Waals surface area contributed by atoms with Crippen LogP contribution in [-0.4, -0.2) is 57.8 Å². The molecule has 1 rings (SSSR count). The van der Waals surface area contributed by atoms with E-state index in [1.165, 1.54) is 13.8 Å². The van der Waals surface area contributed by atoms with Crippen LogP contribution in [-0.2, 0) is 28.5 Å². The summed E-state index contributed by atoms with van der Waals surface area (Å²) < 4.78 is 19.0. The van der Waals surface area contributed by atoms with Crippen LogP contribution in [0.4, 0.5) is 4.79 Å². The van der Waals surface area contributed by atoms with Crippen molar-refractivity contribution in [3.63, 3.8) is 0 Å². The highest BCUT2D eigenvalue weighted by atomic mass is 79.9. The first-order valence-corrected chi connectivity index (χ1v) is 9.09. The minimum Gasteiger partial charge on any atom is -0.456 e. The van der Waals surface area contributed by atoms with Gasteiger partial charge in [-0.2, -0.15) is 0 Å². The van der Waals surface area contributed by atoms with E-state index in [1.807, 2.05) is 0 Å². The summed E-state index contributed by atoms with van der Waals surface area (Å²) in [6.45, 7) is 3.53. The van der Waals surface area contributed by atoms with E-state index in [2.05, 4.69) is 21.2 Å². The Morgan fingerprint density at radius 2 is 1.64 bits per heavy atom. The molecule has 144 valence electrons. The topological polar surface area (TPSA) is 100 Å². The van der Waals surface area contributed by atoms with Gasteiger partial charge in [0, 0.05) is 13.8 Å². The van der Waals surface area contributed by atoms with E-state index in [0.717, 1.165) is 0 Å². The van der Waals surface area contributed by atoms with Crippen molar-refractivity contribution in [3.05, 3.63) is 0 Å². The third kappa shape index (κ3) is 7.74. The van der Waals surface area contributed by atoms with Crippen LogP contribution >= 0.6 is 50.7 Å². The average molecular weight is 486 g/mol. The summed E-state index contributed by atoms with van der Waals surface area (Å²) in [5, 5.41) is 1.72. The Balaban J connectivity index is 2.92. The fourth-order valence-corrected chi connectivity index (χ4v) is 3.07. The van der Waals surface area contributed by atoms with Gasteiger partial charge in [-0.25, -0.2) is 4.79 Å². The number of halogens is 4. The van der Waals surface area contributed by atoms with Gasteiger partial charge in [-0.15, -0.1) is 0 Å². The molecule has 0 unspecified atom stereocenters. The van der Waals surface area contributed by atoms with Gasteiger partial charge in [-0.1, -0.05) is 50.7 Å². The van der Waals surface area contributed by atoms with Crippen LogP contribution in [0.5, 0.6) is 0 Å². The lowest BCUT2D eigenvalue weighted by Crippen LogP contribution is -2.63. The molecule has 0 aromatic rings. The molecule has 0 spiro atoms. The molecule has 12 heteroatoms. The number of alkyl carbamates (subject to hydrolysis) is 1. The van der Waals surface area contributed by atoms with Gasteiger partial charge >= 0.3 is 18.0 Å². The van der Waals surface area contributed by atoms with Gasteiger partial charge in [0.25, 0.3) is 0 Å². The van der Waals surface area contributed by atoms with E-state index in [4.69, 9.17) is 53.8 Å². The number of amides is 1.